The van der Waals surface area contributed by atoms with Crippen LogP contribution in [0.4, 0.5) is 8.78 Å². The molecule has 0 spiro atoms. The number of carboxylic acid groups (broad SMARTS) is 1. The fourth-order valence-corrected chi connectivity index (χ4v) is 2.93. The number of aryl methyl sites for hydroxylation is 1. The van der Waals surface area contributed by atoms with Gasteiger partial charge in [-0.2, -0.15) is 0 Å². The van der Waals surface area contributed by atoms with Crippen LogP contribution in [0.1, 0.15) is 54.3 Å². The highest BCUT2D eigenvalue weighted by Crippen LogP contribution is 2.23. The number of benzene rings is 2. The van der Waals surface area contributed by atoms with E-state index >= 15 is 0 Å². The summed E-state index contributed by atoms with van der Waals surface area (Å²) in [6.07, 6.45) is 1.32. The first-order chi connectivity index (χ1) is 12.7. The van der Waals surface area contributed by atoms with Crippen LogP contribution in [-0.2, 0) is 6.42 Å². The molecule has 0 aliphatic rings. The minimum atomic E-state index is -1.38. The van der Waals surface area contributed by atoms with Crippen molar-refractivity contribution < 1.29 is 23.8 Å². The maximum absolute atomic E-state index is 14.0. The monoisotopic (exact) mass is 377 g/mol. The number of aliphatic hydroxyl groups is 1. The zero-order valence-corrected chi connectivity index (χ0v) is 15.5. The molecule has 0 amide bonds. The third-order valence-electron chi connectivity index (χ3n) is 4.55. The Labute approximate surface area is 157 Å². The maximum atomic E-state index is 14.0. The van der Waals surface area contributed by atoms with Crippen LogP contribution in [0.25, 0.3) is 0 Å². The summed E-state index contributed by atoms with van der Waals surface area (Å²) in [5.74, 6) is -3.89. The molecule has 0 heterocycles. The minimum Gasteiger partial charge on any atom is -0.478 e. The molecule has 2 aromatic rings. The highest BCUT2D eigenvalue weighted by atomic mass is 19.2. The molecule has 1 atom stereocenters. The Hall–Kier alpha value is -2.31. The van der Waals surface area contributed by atoms with Crippen LogP contribution in [0, 0.1) is 11.6 Å². The Morgan fingerprint density at radius 3 is 2.48 bits per heavy atom. The third-order valence-corrected chi connectivity index (χ3v) is 4.55. The number of hydrogen-bond acceptors (Lipinski definition) is 3. The number of rotatable bonds is 9. The van der Waals surface area contributed by atoms with Crippen LogP contribution in [0.3, 0.4) is 0 Å². The molecule has 0 saturated heterocycles. The summed E-state index contributed by atoms with van der Waals surface area (Å²) in [7, 11) is 0. The van der Waals surface area contributed by atoms with Crippen molar-refractivity contribution in [3.05, 3.63) is 70.8 Å². The van der Waals surface area contributed by atoms with E-state index in [0.29, 0.717) is 6.07 Å². The third kappa shape index (κ3) is 6.12. The molecule has 0 aromatic heterocycles. The van der Waals surface area contributed by atoms with E-state index in [-0.39, 0.29) is 17.6 Å². The maximum Gasteiger partial charge on any atom is 0.335 e. The number of aromatic carboxylic acids is 1. The van der Waals surface area contributed by atoms with E-state index in [1.54, 1.807) is 0 Å². The van der Waals surface area contributed by atoms with Crippen LogP contribution in [-0.4, -0.2) is 28.3 Å². The Kier molecular flexibility index (Phi) is 7.05. The summed E-state index contributed by atoms with van der Waals surface area (Å²) in [5.41, 5.74) is 0.163. The van der Waals surface area contributed by atoms with E-state index in [4.69, 9.17) is 5.11 Å². The molecule has 4 nitrogen and oxygen atoms in total. The first-order valence-electron chi connectivity index (χ1n) is 8.89. The van der Waals surface area contributed by atoms with Crippen molar-refractivity contribution in [2.45, 2.75) is 44.8 Å². The van der Waals surface area contributed by atoms with Crippen molar-refractivity contribution in [3.8, 4) is 0 Å². The molecule has 3 N–H and O–H groups in total. The number of β-amino-alcohol motifs (C(OH)–C–C–N with tert-alkyl or cyclic N) is 1. The molecule has 0 radical (unpaired) electrons. The number of halogens is 2. The lowest BCUT2D eigenvalue weighted by atomic mass is 9.94. The fraction of sp³-hybridized carbons (Fsp3) is 0.381. The van der Waals surface area contributed by atoms with Crippen molar-refractivity contribution in [2.24, 2.45) is 0 Å². The van der Waals surface area contributed by atoms with E-state index in [0.717, 1.165) is 25.3 Å². The smallest absolute Gasteiger partial charge is 0.335 e. The van der Waals surface area contributed by atoms with E-state index in [2.05, 4.69) is 17.4 Å². The van der Waals surface area contributed by atoms with Crippen LogP contribution in [0.2, 0.25) is 0 Å². The summed E-state index contributed by atoms with van der Waals surface area (Å²) in [5, 5.41) is 22.4. The van der Waals surface area contributed by atoms with Gasteiger partial charge in [-0.05, 0) is 50.8 Å². The van der Waals surface area contributed by atoms with Gasteiger partial charge in [0.1, 0.15) is 0 Å². The summed E-state index contributed by atoms with van der Waals surface area (Å²) in [4.78, 5) is 11.0. The topological polar surface area (TPSA) is 69.6 Å². The highest BCUT2D eigenvalue weighted by molar-refractivity contribution is 5.87. The Morgan fingerprint density at radius 1 is 1.19 bits per heavy atom. The lowest BCUT2D eigenvalue weighted by Crippen LogP contribution is -2.41. The number of aliphatic hydroxyl groups excluding tert-OH is 1. The first-order valence-corrected chi connectivity index (χ1v) is 8.89. The summed E-state index contributed by atoms with van der Waals surface area (Å²) < 4.78 is 27.5. The van der Waals surface area contributed by atoms with Crippen molar-refractivity contribution >= 4 is 5.97 Å². The standard InChI is InChI=1S/C21H25F2NO3/c1-21(2,10-6-9-14-7-4-3-5-8-14)24-13-18(25)16-11-15(20(26)27)12-17(22)19(16)23/h3-5,7-8,11-12,18,24-25H,6,9-10,13H2,1-2H3,(H,26,27). The lowest BCUT2D eigenvalue weighted by Gasteiger charge is -2.28. The molecule has 6 heteroatoms. The summed E-state index contributed by atoms with van der Waals surface area (Å²) in [6, 6.07) is 11.7. The van der Waals surface area contributed by atoms with Crippen LogP contribution in [0.15, 0.2) is 42.5 Å². The van der Waals surface area contributed by atoms with Gasteiger partial charge in [-0.15, -0.1) is 0 Å². The molecule has 1 unspecified atom stereocenters. The van der Waals surface area contributed by atoms with E-state index < -0.39 is 29.3 Å². The fourth-order valence-electron chi connectivity index (χ4n) is 2.93. The number of nitrogens with one attached hydrogen (secondary N) is 1. The van der Waals surface area contributed by atoms with Gasteiger partial charge in [0, 0.05) is 17.6 Å². The van der Waals surface area contributed by atoms with Crippen molar-refractivity contribution in [3.63, 3.8) is 0 Å². The molecule has 0 fully saturated rings. The second kappa shape index (κ2) is 9.06. The molecule has 2 rings (SSSR count). The molecule has 0 bridgehead atoms. The highest BCUT2D eigenvalue weighted by Gasteiger charge is 2.23. The summed E-state index contributed by atoms with van der Waals surface area (Å²) in [6.45, 7) is 3.92. The normalized spacial score (nSPS) is 12.8. The molecule has 0 aliphatic heterocycles. The SMILES string of the molecule is CC(C)(CCCc1ccccc1)NCC(O)c1cc(C(=O)O)cc(F)c1F. The van der Waals surface area contributed by atoms with Gasteiger partial charge in [-0.25, -0.2) is 13.6 Å². The quantitative estimate of drug-likeness (QED) is 0.616. The first kappa shape index (κ1) is 21.0. The van der Waals surface area contributed by atoms with Crippen molar-refractivity contribution in [1.82, 2.24) is 5.32 Å². The predicted molar refractivity (Wildman–Crippen MR) is 99.7 cm³/mol. The molecule has 2 aromatic carbocycles. The van der Waals surface area contributed by atoms with Gasteiger partial charge >= 0.3 is 5.97 Å². The molecule has 0 saturated carbocycles. The predicted octanol–water partition coefficient (Wildman–Crippen LogP) is 4.09. The second-order valence-corrected chi connectivity index (χ2v) is 7.29. The Bertz CT molecular complexity index is 778. The zero-order valence-electron chi connectivity index (χ0n) is 15.5. The van der Waals surface area contributed by atoms with Gasteiger partial charge in [-0.1, -0.05) is 30.3 Å². The summed E-state index contributed by atoms with van der Waals surface area (Å²) >= 11 is 0. The average Bonchev–Trinajstić information content (AvgIpc) is 2.62. The number of carboxylic acids is 1. The Balaban J connectivity index is 1.93. The van der Waals surface area contributed by atoms with Crippen molar-refractivity contribution in [1.29, 1.82) is 0 Å². The largest absolute Gasteiger partial charge is 0.478 e. The van der Waals surface area contributed by atoms with Gasteiger partial charge in [0.15, 0.2) is 11.6 Å². The molecular weight excluding hydrogens is 352 g/mol. The number of carbonyl (C=O) groups is 1. The van der Waals surface area contributed by atoms with Gasteiger partial charge in [0.2, 0.25) is 0 Å². The van der Waals surface area contributed by atoms with Gasteiger partial charge in [0.05, 0.1) is 11.7 Å². The van der Waals surface area contributed by atoms with Crippen LogP contribution in [0.5, 0.6) is 0 Å². The van der Waals surface area contributed by atoms with Gasteiger partial charge < -0.3 is 15.5 Å². The van der Waals surface area contributed by atoms with Crippen LogP contribution >= 0.6 is 0 Å². The molecule has 0 aliphatic carbocycles. The second-order valence-electron chi connectivity index (χ2n) is 7.29. The van der Waals surface area contributed by atoms with Gasteiger partial charge in [-0.3, -0.25) is 0 Å². The van der Waals surface area contributed by atoms with E-state index in [9.17, 15) is 18.7 Å². The zero-order chi connectivity index (χ0) is 20.0. The average molecular weight is 377 g/mol. The lowest BCUT2D eigenvalue weighted by molar-refractivity contribution is 0.0695. The Morgan fingerprint density at radius 2 is 1.85 bits per heavy atom. The molecule has 146 valence electrons. The van der Waals surface area contributed by atoms with E-state index in [1.807, 2.05) is 32.0 Å². The van der Waals surface area contributed by atoms with Gasteiger partial charge in [0.25, 0.3) is 0 Å². The molecular formula is C21H25F2NO3. The van der Waals surface area contributed by atoms with Crippen LogP contribution < -0.4 is 5.32 Å². The number of hydrogen-bond donors (Lipinski definition) is 3. The minimum absolute atomic E-state index is 0.0161. The van der Waals surface area contributed by atoms with Crippen molar-refractivity contribution in [2.75, 3.05) is 6.54 Å². The molecule has 27 heavy (non-hydrogen) atoms. The van der Waals surface area contributed by atoms with E-state index in [1.165, 1.54) is 5.56 Å².